The third kappa shape index (κ3) is 6.81. The van der Waals surface area contributed by atoms with Gasteiger partial charge >= 0.3 is 0 Å². The van der Waals surface area contributed by atoms with Crippen LogP contribution in [0.5, 0.6) is 0 Å². The quantitative estimate of drug-likeness (QED) is 0.600. The first kappa shape index (κ1) is 13.3. The van der Waals surface area contributed by atoms with Crippen molar-refractivity contribution in [1.29, 1.82) is 5.26 Å². The Kier molecular flexibility index (Phi) is 10.8. The zero-order chi connectivity index (χ0) is 9.98. The Labute approximate surface area is 74.3 Å². The molecule has 1 amide bonds. The van der Waals surface area contributed by atoms with Crippen molar-refractivity contribution < 1.29 is 4.79 Å². The highest BCUT2D eigenvalue weighted by molar-refractivity contribution is 5.86. The minimum Gasteiger partial charge on any atom is -0.341 e. The summed E-state index contributed by atoms with van der Waals surface area (Å²) >= 11 is 0. The van der Waals surface area contributed by atoms with E-state index in [1.54, 1.807) is 7.05 Å². The van der Waals surface area contributed by atoms with E-state index in [0.717, 1.165) is 0 Å². The van der Waals surface area contributed by atoms with Crippen LogP contribution in [0.25, 0.3) is 0 Å². The van der Waals surface area contributed by atoms with Crippen LogP contribution >= 0.6 is 0 Å². The number of rotatable bonds is 3. The Balaban J connectivity index is 0. The van der Waals surface area contributed by atoms with Crippen LogP contribution in [-0.4, -0.2) is 24.4 Å². The molecule has 0 aromatic carbocycles. The molecule has 0 aliphatic rings. The first-order valence-corrected chi connectivity index (χ1v) is 3.97. The minimum absolute atomic E-state index is 0.143. The van der Waals surface area contributed by atoms with E-state index in [4.69, 9.17) is 5.26 Å². The average molecular weight is 168 g/mol. The Morgan fingerprint density at radius 3 is 2.50 bits per heavy atom. The molecule has 3 nitrogen and oxygen atoms in total. The van der Waals surface area contributed by atoms with Crippen LogP contribution in [0.2, 0.25) is 0 Å². The molecule has 0 unspecified atom stereocenters. The summed E-state index contributed by atoms with van der Waals surface area (Å²) in [6.07, 6.45) is 1.60. The average Bonchev–Trinajstić information content (AvgIpc) is 2.16. The monoisotopic (exact) mass is 168 g/mol. The molecule has 0 aliphatic carbocycles. The first-order valence-electron chi connectivity index (χ1n) is 3.97. The summed E-state index contributed by atoms with van der Waals surface area (Å²) in [5, 5.41) is 8.16. The summed E-state index contributed by atoms with van der Waals surface area (Å²) in [4.78, 5) is 12.2. The number of hydrogen-bond donors (Lipinski definition) is 0. The van der Waals surface area contributed by atoms with Crippen LogP contribution in [0.1, 0.15) is 20.3 Å². The highest BCUT2D eigenvalue weighted by atomic mass is 16.2. The highest BCUT2D eigenvalue weighted by Gasteiger charge is 2.00. The van der Waals surface area contributed by atoms with Gasteiger partial charge in [0.15, 0.2) is 0 Å². The predicted molar refractivity (Wildman–Crippen MR) is 49.4 cm³/mol. The lowest BCUT2D eigenvalue weighted by molar-refractivity contribution is -0.124. The Bertz CT molecular complexity index is 170. The van der Waals surface area contributed by atoms with E-state index in [1.165, 1.54) is 11.0 Å². The van der Waals surface area contributed by atoms with Crippen LogP contribution in [0.3, 0.4) is 0 Å². The molecular formula is C9H16N2O. The van der Waals surface area contributed by atoms with Crippen molar-refractivity contribution in [3.05, 3.63) is 12.7 Å². The molecule has 0 N–H and O–H groups in total. The van der Waals surface area contributed by atoms with Crippen molar-refractivity contribution in [3.63, 3.8) is 0 Å². The van der Waals surface area contributed by atoms with Crippen molar-refractivity contribution in [2.24, 2.45) is 0 Å². The van der Waals surface area contributed by atoms with Crippen molar-refractivity contribution >= 4 is 5.91 Å². The maximum atomic E-state index is 10.7. The molecule has 0 bridgehead atoms. The fraction of sp³-hybridized carbons (Fsp3) is 0.556. The summed E-state index contributed by atoms with van der Waals surface area (Å²) in [5.41, 5.74) is 0. The fourth-order valence-electron chi connectivity index (χ4n) is 0.484. The summed E-state index contributed by atoms with van der Waals surface area (Å²) in [6, 6.07) is 1.95. The van der Waals surface area contributed by atoms with Gasteiger partial charge in [-0.1, -0.05) is 20.4 Å². The fourth-order valence-corrected chi connectivity index (χ4v) is 0.484. The van der Waals surface area contributed by atoms with E-state index >= 15 is 0 Å². The predicted octanol–water partition coefficient (Wildman–Crippen LogP) is 1.57. The van der Waals surface area contributed by atoms with E-state index < -0.39 is 0 Å². The van der Waals surface area contributed by atoms with E-state index in [9.17, 15) is 4.79 Å². The van der Waals surface area contributed by atoms with E-state index in [1.807, 2.05) is 19.9 Å². The third-order valence-electron chi connectivity index (χ3n) is 1.11. The van der Waals surface area contributed by atoms with E-state index in [2.05, 4.69) is 6.58 Å². The summed E-state index contributed by atoms with van der Waals surface area (Å²) < 4.78 is 0. The molecule has 0 saturated carbocycles. The molecule has 0 rings (SSSR count). The molecule has 0 aromatic rings. The van der Waals surface area contributed by atoms with Gasteiger partial charge in [-0.3, -0.25) is 4.79 Å². The number of nitriles is 1. The molecule has 0 heterocycles. The zero-order valence-electron chi connectivity index (χ0n) is 8.00. The van der Waals surface area contributed by atoms with Crippen molar-refractivity contribution in [2.45, 2.75) is 20.3 Å². The maximum Gasteiger partial charge on any atom is 0.245 e. The maximum absolute atomic E-state index is 10.7. The normalized spacial score (nSPS) is 7.17. The van der Waals surface area contributed by atoms with Crippen molar-refractivity contribution in [1.82, 2.24) is 4.90 Å². The molecule has 0 aliphatic heterocycles. The molecule has 0 aromatic heterocycles. The van der Waals surface area contributed by atoms with Crippen LogP contribution in [-0.2, 0) is 4.79 Å². The number of amides is 1. The van der Waals surface area contributed by atoms with Crippen molar-refractivity contribution in [2.75, 3.05) is 13.6 Å². The van der Waals surface area contributed by atoms with E-state index in [-0.39, 0.29) is 5.91 Å². The SMILES string of the molecule is C=CC(=O)N(C)CCC#N.CC. The second-order valence-electron chi connectivity index (χ2n) is 1.87. The van der Waals surface area contributed by atoms with Gasteiger partial charge in [-0.25, -0.2) is 0 Å². The Hall–Kier alpha value is -1.30. The van der Waals surface area contributed by atoms with Crippen LogP contribution < -0.4 is 0 Å². The molecular weight excluding hydrogens is 152 g/mol. The summed E-state index contributed by atoms with van der Waals surface area (Å²) in [7, 11) is 1.64. The second-order valence-corrected chi connectivity index (χ2v) is 1.87. The van der Waals surface area contributed by atoms with Crippen LogP contribution in [0, 0.1) is 11.3 Å². The lowest BCUT2D eigenvalue weighted by atomic mass is 10.4. The summed E-state index contributed by atoms with van der Waals surface area (Å²) in [6.45, 7) is 7.79. The molecule has 68 valence electrons. The van der Waals surface area contributed by atoms with Gasteiger partial charge in [0.25, 0.3) is 0 Å². The Morgan fingerprint density at radius 2 is 2.17 bits per heavy atom. The number of carbonyl (C=O) groups excluding carboxylic acids is 1. The van der Waals surface area contributed by atoms with Gasteiger partial charge in [-0.15, -0.1) is 0 Å². The molecule has 0 atom stereocenters. The number of carbonyl (C=O) groups is 1. The standard InChI is InChI=1S/C7H10N2O.C2H6/c1-3-7(10)9(2)6-4-5-8;1-2/h3H,1,4,6H2,2H3;1-2H3. The van der Waals surface area contributed by atoms with E-state index in [0.29, 0.717) is 13.0 Å². The molecule has 0 fully saturated rings. The molecule has 0 spiro atoms. The smallest absolute Gasteiger partial charge is 0.245 e. The van der Waals surface area contributed by atoms with Gasteiger partial charge in [0.05, 0.1) is 12.5 Å². The number of hydrogen-bond acceptors (Lipinski definition) is 2. The van der Waals surface area contributed by atoms with Gasteiger partial charge in [-0.05, 0) is 6.08 Å². The highest BCUT2D eigenvalue weighted by Crippen LogP contribution is 1.87. The van der Waals surface area contributed by atoms with Gasteiger partial charge in [0.1, 0.15) is 0 Å². The topological polar surface area (TPSA) is 44.1 Å². The van der Waals surface area contributed by atoms with Gasteiger partial charge < -0.3 is 4.90 Å². The van der Waals surface area contributed by atoms with Gasteiger partial charge in [0, 0.05) is 13.6 Å². The molecule has 3 heteroatoms. The zero-order valence-corrected chi connectivity index (χ0v) is 8.00. The number of likely N-dealkylation sites (N-methyl/N-ethyl adjacent to an activating group) is 1. The lowest BCUT2D eigenvalue weighted by Crippen LogP contribution is -2.25. The lowest BCUT2D eigenvalue weighted by Gasteiger charge is -2.11. The molecule has 0 saturated heterocycles. The van der Waals surface area contributed by atoms with Crippen LogP contribution in [0.15, 0.2) is 12.7 Å². The molecule has 12 heavy (non-hydrogen) atoms. The van der Waals surface area contributed by atoms with Gasteiger partial charge in [-0.2, -0.15) is 5.26 Å². The molecule has 0 radical (unpaired) electrons. The van der Waals surface area contributed by atoms with Crippen LogP contribution in [0.4, 0.5) is 0 Å². The van der Waals surface area contributed by atoms with Gasteiger partial charge in [0.2, 0.25) is 5.91 Å². The minimum atomic E-state index is -0.143. The summed E-state index contributed by atoms with van der Waals surface area (Å²) in [5.74, 6) is -0.143. The Morgan fingerprint density at radius 1 is 1.67 bits per heavy atom. The second kappa shape index (κ2) is 9.70. The third-order valence-corrected chi connectivity index (χ3v) is 1.11. The largest absolute Gasteiger partial charge is 0.341 e. The van der Waals surface area contributed by atoms with Crippen molar-refractivity contribution in [3.8, 4) is 6.07 Å². The number of nitrogens with zero attached hydrogens (tertiary/aromatic N) is 2. The first-order chi connectivity index (χ1) is 5.72.